The summed E-state index contributed by atoms with van der Waals surface area (Å²) in [7, 11) is 0. The first-order valence-electron chi connectivity index (χ1n) is 12.1. The van der Waals surface area contributed by atoms with Gasteiger partial charge >= 0.3 is 0 Å². The second-order valence-electron chi connectivity index (χ2n) is 8.89. The summed E-state index contributed by atoms with van der Waals surface area (Å²) in [5, 5.41) is 4.29. The lowest BCUT2D eigenvalue weighted by Crippen LogP contribution is -2.51. The summed E-state index contributed by atoms with van der Waals surface area (Å²) in [5.74, 6) is 0.561. The molecule has 3 rings (SSSR count). The van der Waals surface area contributed by atoms with Crippen LogP contribution in [0.2, 0.25) is 10.0 Å². The summed E-state index contributed by atoms with van der Waals surface area (Å²) in [5.41, 5.74) is 1.81. The Labute approximate surface area is 228 Å². The van der Waals surface area contributed by atoms with E-state index in [-0.39, 0.29) is 24.4 Å². The molecule has 1 atom stereocenters. The number of nitrogens with zero attached hydrogens (tertiary/aromatic N) is 1. The molecular formula is C29H32Cl2N2O2S. The van der Waals surface area contributed by atoms with E-state index in [9.17, 15) is 9.59 Å². The molecule has 1 N–H and O–H groups in total. The van der Waals surface area contributed by atoms with Crippen molar-refractivity contribution in [2.24, 2.45) is 0 Å². The fourth-order valence-corrected chi connectivity index (χ4v) is 5.01. The first-order valence-corrected chi connectivity index (χ1v) is 13.8. The number of halogens is 2. The second kappa shape index (κ2) is 14.3. The van der Waals surface area contributed by atoms with Crippen molar-refractivity contribution in [1.82, 2.24) is 10.2 Å². The fraction of sp³-hybridized carbons (Fsp3) is 0.310. The van der Waals surface area contributed by atoms with Gasteiger partial charge in [-0.15, -0.1) is 11.8 Å². The van der Waals surface area contributed by atoms with Gasteiger partial charge in [-0.3, -0.25) is 9.59 Å². The second-order valence-corrected chi connectivity index (χ2v) is 10.9. The number of benzene rings is 3. The predicted molar refractivity (Wildman–Crippen MR) is 151 cm³/mol. The Balaban J connectivity index is 1.79. The van der Waals surface area contributed by atoms with Gasteiger partial charge in [0.15, 0.2) is 0 Å². The summed E-state index contributed by atoms with van der Waals surface area (Å²) in [6.45, 7) is 4.11. The van der Waals surface area contributed by atoms with Crippen LogP contribution in [0.1, 0.15) is 37.8 Å². The monoisotopic (exact) mass is 542 g/mol. The number of hydrogen-bond acceptors (Lipinski definition) is 3. The average Bonchev–Trinajstić information content (AvgIpc) is 2.86. The van der Waals surface area contributed by atoms with Gasteiger partial charge in [-0.2, -0.15) is 0 Å². The molecule has 2 amide bonds. The van der Waals surface area contributed by atoms with E-state index in [1.807, 2.05) is 92.7 Å². The molecule has 0 fully saturated rings. The first-order chi connectivity index (χ1) is 17.3. The lowest BCUT2D eigenvalue weighted by Gasteiger charge is -2.32. The number of nitrogens with one attached hydrogen (secondary N) is 1. The van der Waals surface area contributed by atoms with Crippen LogP contribution < -0.4 is 5.32 Å². The third-order valence-electron chi connectivity index (χ3n) is 5.62. The Hall–Kier alpha value is -2.47. The van der Waals surface area contributed by atoms with E-state index in [4.69, 9.17) is 23.2 Å². The standard InChI is InChI=1S/C29H32Cl2N2O2S/c1-21(2)32-29(35)27(19-22-9-4-3-5-10-22)33(20-23-11-6-7-12-26(23)31)28(34)13-8-18-36-25-16-14-24(30)15-17-25/h3-7,9-12,14-17,21,27H,8,13,18-20H2,1-2H3,(H,32,35). The van der Waals surface area contributed by atoms with Crippen LogP contribution in [0, 0.1) is 0 Å². The minimum atomic E-state index is -0.650. The molecule has 3 aromatic carbocycles. The zero-order chi connectivity index (χ0) is 25.9. The van der Waals surface area contributed by atoms with Gasteiger partial charge in [0.2, 0.25) is 11.8 Å². The minimum Gasteiger partial charge on any atom is -0.352 e. The van der Waals surface area contributed by atoms with Gasteiger partial charge in [0.1, 0.15) is 6.04 Å². The fourth-order valence-electron chi connectivity index (χ4n) is 3.83. The molecule has 1 unspecified atom stereocenters. The van der Waals surface area contributed by atoms with Crippen molar-refractivity contribution in [3.8, 4) is 0 Å². The molecule has 0 spiro atoms. The Morgan fingerprint density at radius 1 is 0.917 bits per heavy atom. The number of hydrogen-bond donors (Lipinski definition) is 1. The van der Waals surface area contributed by atoms with Crippen LogP contribution in [0.15, 0.2) is 83.8 Å². The maximum Gasteiger partial charge on any atom is 0.243 e. The highest BCUT2D eigenvalue weighted by molar-refractivity contribution is 7.99. The van der Waals surface area contributed by atoms with Gasteiger partial charge in [0.05, 0.1) is 0 Å². The Kier molecular flexibility index (Phi) is 11.2. The van der Waals surface area contributed by atoms with Gasteiger partial charge < -0.3 is 10.2 Å². The van der Waals surface area contributed by atoms with E-state index < -0.39 is 6.04 Å². The van der Waals surface area contributed by atoms with Crippen molar-refractivity contribution < 1.29 is 9.59 Å². The molecule has 36 heavy (non-hydrogen) atoms. The van der Waals surface area contributed by atoms with E-state index in [1.165, 1.54) is 0 Å². The lowest BCUT2D eigenvalue weighted by molar-refractivity contribution is -0.141. The summed E-state index contributed by atoms with van der Waals surface area (Å²) < 4.78 is 0. The Morgan fingerprint density at radius 2 is 1.58 bits per heavy atom. The molecule has 0 aliphatic heterocycles. The third-order valence-corrected chi connectivity index (χ3v) is 7.34. The van der Waals surface area contributed by atoms with E-state index >= 15 is 0 Å². The third kappa shape index (κ3) is 8.88. The minimum absolute atomic E-state index is 0.0381. The smallest absolute Gasteiger partial charge is 0.243 e. The molecule has 0 aromatic heterocycles. The molecule has 0 bridgehead atoms. The van der Waals surface area contributed by atoms with E-state index in [1.54, 1.807) is 16.7 Å². The molecule has 0 saturated carbocycles. The van der Waals surface area contributed by atoms with Gasteiger partial charge in [-0.05, 0) is 67.5 Å². The highest BCUT2D eigenvalue weighted by Gasteiger charge is 2.30. The van der Waals surface area contributed by atoms with Crippen molar-refractivity contribution in [2.45, 2.75) is 56.6 Å². The number of carbonyl (C=O) groups is 2. The molecule has 3 aromatic rings. The van der Waals surface area contributed by atoms with Crippen molar-refractivity contribution in [1.29, 1.82) is 0 Å². The summed E-state index contributed by atoms with van der Waals surface area (Å²) in [6.07, 6.45) is 1.45. The summed E-state index contributed by atoms with van der Waals surface area (Å²) in [4.78, 5) is 29.8. The molecule has 0 radical (unpaired) electrons. The van der Waals surface area contributed by atoms with Gasteiger partial charge in [0, 0.05) is 40.4 Å². The van der Waals surface area contributed by atoms with Crippen LogP contribution in [0.5, 0.6) is 0 Å². The van der Waals surface area contributed by atoms with Gasteiger partial charge in [-0.1, -0.05) is 71.7 Å². The maximum absolute atomic E-state index is 13.6. The largest absolute Gasteiger partial charge is 0.352 e. The average molecular weight is 544 g/mol. The number of rotatable bonds is 12. The number of thioether (sulfide) groups is 1. The van der Waals surface area contributed by atoms with E-state index in [2.05, 4.69) is 5.32 Å². The van der Waals surface area contributed by atoms with Crippen molar-refractivity contribution in [3.63, 3.8) is 0 Å². The van der Waals surface area contributed by atoms with Gasteiger partial charge in [-0.25, -0.2) is 0 Å². The molecule has 4 nitrogen and oxygen atoms in total. The molecule has 7 heteroatoms. The Bertz CT molecular complexity index is 1120. The SMILES string of the molecule is CC(C)NC(=O)C(Cc1ccccc1)N(Cc1ccccc1Cl)C(=O)CCCSc1ccc(Cl)cc1. The number of amides is 2. The van der Waals surface area contributed by atoms with Crippen LogP contribution in [0.25, 0.3) is 0 Å². The van der Waals surface area contributed by atoms with Gasteiger partial charge in [0.25, 0.3) is 0 Å². The van der Waals surface area contributed by atoms with Crippen LogP contribution in [0.3, 0.4) is 0 Å². The molecule has 190 valence electrons. The highest BCUT2D eigenvalue weighted by Crippen LogP contribution is 2.24. The van der Waals surface area contributed by atoms with Crippen molar-refractivity contribution in [3.05, 3.63) is 100 Å². The maximum atomic E-state index is 13.6. The number of carbonyl (C=O) groups excluding carboxylic acids is 2. The highest BCUT2D eigenvalue weighted by atomic mass is 35.5. The normalized spacial score (nSPS) is 11.8. The molecule has 0 aliphatic carbocycles. The van der Waals surface area contributed by atoms with Crippen molar-refractivity contribution in [2.75, 3.05) is 5.75 Å². The topological polar surface area (TPSA) is 49.4 Å². The summed E-state index contributed by atoms with van der Waals surface area (Å²) >= 11 is 14.1. The van der Waals surface area contributed by atoms with Crippen LogP contribution in [0.4, 0.5) is 0 Å². The van der Waals surface area contributed by atoms with E-state index in [0.29, 0.717) is 29.3 Å². The molecule has 0 aliphatic rings. The molecule has 0 heterocycles. The lowest BCUT2D eigenvalue weighted by atomic mass is 10.0. The van der Waals surface area contributed by atoms with Crippen LogP contribution >= 0.6 is 35.0 Å². The van der Waals surface area contributed by atoms with Crippen LogP contribution in [-0.2, 0) is 22.6 Å². The van der Waals surface area contributed by atoms with Crippen LogP contribution in [-0.4, -0.2) is 34.6 Å². The quantitative estimate of drug-likeness (QED) is 0.197. The first kappa shape index (κ1) is 28.1. The zero-order valence-electron chi connectivity index (χ0n) is 20.6. The predicted octanol–water partition coefficient (Wildman–Crippen LogP) is 7.03. The summed E-state index contributed by atoms with van der Waals surface area (Å²) in [6, 6.07) is 24.3. The molecule has 0 saturated heterocycles. The zero-order valence-corrected chi connectivity index (χ0v) is 23.0. The molecular weight excluding hydrogens is 511 g/mol. The van der Waals surface area contributed by atoms with Crippen molar-refractivity contribution >= 4 is 46.8 Å². The Morgan fingerprint density at radius 3 is 2.25 bits per heavy atom. The van der Waals surface area contributed by atoms with E-state index in [0.717, 1.165) is 21.8 Å².